The van der Waals surface area contributed by atoms with Gasteiger partial charge in [0.05, 0.1) is 18.1 Å². The van der Waals surface area contributed by atoms with E-state index in [2.05, 4.69) is 12.1 Å². The molecule has 0 bridgehead atoms. The molecule has 0 radical (unpaired) electrons. The summed E-state index contributed by atoms with van der Waals surface area (Å²) in [5.74, 6) is 0. The minimum absolute atomic E-state index is 0.364. The molecule has 1 aromatic carbocycles. The SMILES string of the molecule is CSc1ccc(CC#N)cc1C#N. The van der Waals surface area contributed by atoms with Gasteiger partial charge in [-0.25, -0.2) is 0 Å². The Labute approximate surface area is 81.8 Å². The summed E-state index contributed by atoms with van der Waals surface area (Å²) in [5, 5.41) is 17.3. The molecule has 1 aromatic rings. The number of hydrogen-bond acceptors (Lipinski definition) is 3. The maximum Gasteiger partial charge on any atom is 0.100 e. The molecule has 0 aliphatic carbocycles. The van der Waals surface area contributed by atoms with Crippen LogP contribution in [0.2, 0.25) is 0 Å². The second kappa shape index (κ2) is 4.54. The number of rotatable bonds is 2. The van der Waals surface area contributed by atoms with E-state index in [9.17, 15) is 0 Å². The summed E-state index contributed by atoms with van der Waals surface area (Å²) >= 11 is 1.54. The summed E-state index contributed by atoms with van der Waals surface area (Å²) < 4.78 is 0. The molecule has 0 unspecified atom stereocenters. The smallest absolute Gasteiger partial charge is 0.100 e. The molecule has 0 heterocycles. The van der Waals surface area contributed by atoms with E-state index < -0.39 is 0 Å². The Morgan fingerprint density at radius 3 is 2.69 bits per heavy atom. The molecule has 0 aromatic heterocycles. The van der Waals surface area contributed by atoms with Gasteiger partial charge < -0.3 is 0 Å². The summed E-state index contributed by atoms with van der Waals surface area (Å²) in [5.41, 5.74) is 1.55. The maximum absolute atomic E-state index is 8.80. The van der Waals surface area contributed by atoms with Crippen LogP contribution in [0.15, 0.2) is 23.1 Å². The van der Waals surface area contributed by atoms with Crippen molar-refractivity contribution in [3.05, 3.63) is 29.3 Å². The molecule has 0 amide bonds. The zero-order chi connectivity index (χ0) is 9.68. The molecule has 64 valence electrons. The van der Waals surface area contributed by atoms with Gasteiger partial charge in [-0.05, 0) is 24.0 Å². The van der Waals surface area contributed by atoms with Gasteiger partial charge in [0.2, 0.25) is 0 Å². The topological polar surface area (TPSA) is 47.6 Å². The van der Waals surface area contributed by atoms with Gasteiger partial charge >= 0.3 is 0 Å². The van der Waals surface area contributed by atoms with Gasteiger partial charge in [-0.2, -0.15) is 10.5 Å². The summed E-state index contributed by atoms with van der Waals surface area (Å²) in [6.45, 7) is 0. The van der Waals surface area contributed by atoms with Gasteiger partial charge in [0.1, 0.15) is 6.07 Å². The lowest BCUT2D eigenvalue weighted by Crippen LogP contribution is -1.86. The Balaban J connectivity index is 3.09. The molecule has 0 N–H and O–H groups in total. The zero-order valence-electron chi connectivity index (χ0n) is 7.24. The average Bonchev–Trinajstić information content (AvgIpc) is 2.18. The largest absolute Gasteiger partial charge is 0.198 e. The zero-order valence-corrected chi connectivity index (χ0v) is 8.06. The van der Waals surface area contributed by atoms with Gasteiger partial charge in [-0.1, -0.05) is 6.07 Å². The lowest BCUT2D eigenvalue weighted by Gasteiger charge is -2.00. The van der Waals surface area contributed by atoms with Crippen LogP contribution >= 0.6 is 11.8 Å². The Kier molecular flexibility index (Phi) is 3.37. The van der Waals surface area contributed by atoms with E-state index in [1.54, 1.807) is 17.8 Å². The third-order valence-corrected chi connectivity index (χ3v) is 2.46. The van der Waals surface area contributed by atoms with Gasteiger partial charge in [0.25, 0.3) is 0 Å². The summed E-state index contributed by atoms with van der Waals surface area (Å²) in [6, 6.07) is 9.71. The Hall–Kier alpha value is -1.45. The molecule has 0 saturated carbocycles. The highest BCUT2D eigenvalue weighted by atomic mass is 32.2. The normalized spacial score (nSPS) is 8.85. The first kappa shape index (κ1) is 9.64. The van der Waals surface area contributed by atoms with Crippen LogP contribution in [0.1, 0.15) is 11.1 Å². The summed E-state index contributed by atoms with van der Waals surface area (Å²) in [6.07, 6.45) is 2.30. The van der Waals surface area contributed by atoms with Gasteiger partial charge in [-0.15, -0.1) is 11.8 Å². The van der Waals surface area contributed by atoms with E-state index in [1.165, 1.54) is 0 Å². The van der Waals surface area contributed by atoms with Crippen molar-refractivity contribution in [1.82, 2.24) is 0 Å². The van der Waals surface area contributed by atoms with Crippen LogP contribution in [0, 0.1) is 22.7 Å². The number of thioether (sulfide) groups is 1. The van der Waals surface area contributed by atoms with Gasteiger partial charge in [-0.3, -0.25) is 0 Å². The fraction of sp³-hybridized carbons (Fsp3) is 0.200. The third-order valence-electron chi connectivity index (χ3n) is 1.67. The van der Waals surface area contributed by atoms with E-state index >= 15 is 0 Å². The second-order valence-electron chi connectivity index (χ2n) is 2.48. The van der Waals surface area contributed by atoms with Crippen molar-refractivity contribution in [1.29, 1.82) is 10.5 Å². The van der Waals surface area contributed by atoms with E-state index in [4.69, 9.17) is 10.5 Å². The molecule has 0 fully saturated rings. The predicted octanol–water partition coefficient (Wildman–Crippen LogP) is 2.35. The molecule has 3 heteroatoms. The van der Waals surface area contributed by atoms with Crippen LogP contribution < -0.4 is 0 Å². The summed E-state index contributed by atoms with van der Waals surface area (Å²) in [4.78, 5) is 0.962. The van der Waals surface area contributed by atoms with Gasteiger partial charge in [0.15, 0.2) is 0 Å². The molecular weight excluding hydrogens is 180 g/mol. The molecule has 13 heavy (non-hydrogen) atoms. The van der Waals surface area contributed by atoms with Crippen molar-refractivity contribution in [2.75, 3.05) is 6.26 Å². The summed E-state index contributed by atoms with van der Waals surface area (Å²) in [7, 11) is 0. The maximum atomic E-state index is 8.80. The Morgan fingerprint density at radius 2 is 2.15 bits per heavy atom. The highest BCUT2D eigenvalue weighted by Gasteiger charge is 2.01. The highest BCUT2D eigenvalue weighted by molar-refractivity contribution is 7.98. The second-order valence-corrected chi connectivity index (χ2v) is 3.33. The van der Waals surface area contributed by atoms with Crippen molar-refractivity contribution in [2.24, 2.45) is 0 Å². The van der Waals surface area contributed by atoms with Crippen molar-refractivity contribution < 1.29 is 0 Å². The molecule has 0 spiro atoms. The minimum atomic E-state index is 0.364. The fourth-order valence-electron chi connectivity index (χ4n) is 1.04. The predicted molar refractivity (Wildman–Crippen MR) is 52.3 cm³/mol. The van der Waals surface area contributed by atoms with E-state index in [0.29, 0.717) is 12.0 Å². The van der Waals surface area contributed by atoms with E-state index in [0.717, 1.165) is 10.5 Å². The van der Waals surface area contributed by atoms with E-state index in [-0.39, 0.29) is 0 Å². The quantitative estimate of drug-likeness (QED) is 0.669. The molecule has 0 aliphatic heterocycles. The van der Waals surface area contributed by atoms with Crippen molar-refractivity contribution >= 4 is 11.8 Å². The average molecular weight is 188 g/mol. The minimum Gasteiger partial charge on any atom is -0.198 e. The van der Waals surface area contributed by atoms with Crippen molar-refractivity contribution in [3.63, 3.8) is 0 Å². The van der Waals surface area contributed by atoms with Crippen LogP contribution in [0.25, 0.3) is 0 Å². The highest BCUT2D eigenvalue weighted by Crippen LogP contribution is 2.20. The van der Waals surface area contributed by atoms with Crippen molar-refractivity contribution in [2.45, 2.75) is 11.3 Å². The van der Waals surface area contributed by atoms with Crippen LogP contribution in [-0.4, -0.2) is 6.26 Å². The number of hydrogen-bond donors (Lipinski definition) is 0. The Bertz CT molecular complexity index is 385. The Morgan fingerprint density at radius 1 is 1.38 bits per heavy atom. The van der Waals surface area contributed by atoms with Crippen molar-refractivity contribution in [3.8, 4) is 12.1 Å². The molecule has 0 atom stereocenters. The first-order valence-electron chi connectivity index (χ1n) is 3.75. The molecule has 1 rings (SSSR count). The van der Waals surface area contributed by atoms with Crippen LogP contribution in [0.3, 0.4) is 0 Å². The van der Waals surface area contributed by atoms with E-state index in [1.807, 2.05) is 18.4 Å². The number of benzene rings is 1. The van der Waals surface area contributed by atoms with Gasteiger partial charge in [0, 0.05) is 4.90 Å². The van der Waals surface area contributed by atoms with Crippen LogP contribution in [-0.2, 0) is 6.42 Å². The molecule has 0 saturated heterocycles. The standard InChI is InChI=1S/C10H8N2S/c1-13-10-3-2-8(4-5-11)6-9(10)7-12/h2-3,6H,4H2,1H3. The molecule has 2 nitrogen and oxygen atoms in total. The van der Waals surface area contributed by atoms with Crippen LogP contribution in [0.4, 0.5) is 0 Å². The fourth-order valence-corrected chi connectivity index (χ4v) is 1.57. The lowest BCUT2D eigenvalue weighted by molar-refractivity contribution is 1.23. The first-order chi connectivity index (χ1) is 6.31. The monoisotopic (exact) mass is 188 g/mol. The third kappa shape index (κ3) is 2.24. The molecular formula is C10H8N2S. The number of nitrogens with zero attached hydrogens (tertiary/aromatic N) is 2. The molecule has 0 aliphatic rings. The first-order valence-corrected chi connectivity index (χ1v) is 4.98. The lowest BCUT2D eigenvalue weighted by atomic mass is 10.1. The number of nitriles is 2. The van der Waals surface area contributed by atoms with Crippen LogP contribution in [0.5, 0.6) is 0 Å².